The molecule has 1 atom stereocenters. The molecule has 3 aromatic rings. The van der Waals surface area contributed by atoms with Gasteiger partial charge in [-0.05, 0) is 37.3 Å². The van der Waals surface area contributed by atoms with Gasteiger partial charge in [0.25, 0.3) is 0 Å². The minimum Gasteiger partial charge on any atom is -0.399 e. The Hall–Kier alpha value is -2.29. The Bertz CT molecular complexity index is 1110. The summed E-state index contributed by atoms with van der Waals surface area (Å²) in [6.07, 6.45) is -0.649. The van der Waals surface area contributed by atoms with Gasteiger partial charge in [0.15, 0.2) is 14.4 Å². The fourth-order valence-electron chi connectivity index (χ4n) is 3.56. The van der Waals surface area contributed by atoms with E-state index >= 15 is 0 Å². The molecule has 0 saturated heterocycles. The second kappa shape index (κ2) is 11.4. The van der Waals surface area contributed by atoms with Crippen molar-refractivity contribution >= 4 is 27.4 Å². The van der Waals surface area contributed by atoms with E-state index in [4.69, 9.17) is 18.9 Å². The summed E-state index contributed by atoms with van der Waals surface area (Å²) in [5.74, 6) is 0.788. The molecule has 8 heteroatoms. The summed E-state index contributed by atoms with van der Waals surface area (Å²) >= 11 is 0. The highest BCUT2D eigenvalue weighted by Gasteiger charge is 2.25. The first kappa shape index (κ1) is 26.3. The molecule has 0 amide bonds. The van der Waals surface area contributed by atoms with Crippen molar-refractivity contribution < 1.29 is 13.9 Å². The molecule has 0 bridgehead atoms. The van der Waals surface area contributed by atoms with Gasteiger partial charge in [-0.15, -0.1) is 0 Å². The number of rotatable bonds is 12. The van der Waals surface area contributed by atoms with Gasteiger partial charge in [-0.1, -0.05) is 62.1 Å². The first-order chi connectivity index (χ1) is 16.1. The predicted molar refractivity (Wildman–Crippen MR) is 142 cm³/mol. The number of hydrogen-bond acceptors (Lipinski definition) is 5. The fraction of sp³-hybridized carbons (Fsp3) is 0.462. The summed E-state index contributed by atoms with van der Waals surface area (Å²) < 4.78 is 20.4. The van der Waals surface area contributed by atoms with Crippen molar-refractivity contribution in [2.24, 2.45) is 0 Å². The van der Waals surface area contributed by atoms with Crippen molar-refractivity contribution in [2.45, 2.75) is 71.4 Å². The van der Waals surface area contributed by atoms with Crippen LogP contribution in [0.2, 0.25) is 45.3 Å². The zero-order chi connectivity index (χ0) is 24.8. The lowest BCUT2D eigenvalue weighted by Gasteiger charge is -2.22. The lowest BCUT2D eigenvalue weighted by atomic mass is 10.1. The Morgan fingerprint density at radius 3 is 2.32 bits per heavy atom. The summed E-state index contributed by atoms with van der Waals surface area (Å²) in [5, 5.41) is 9.86. The minimum absolute atomic E-state index is 0.354. The Morgan fingerprint density at radius 2 is 1.68 bits per heavy atom. The molecular weight excluding hydrogens is 458 g/mol. The standard InChI is InChI=1S/C26H37N3O3Si2/c1-33(2,3)16-15-30-20-29-23-14-10-13-22(24(17-27)32-34(4,5)6)26(23)28-25(29)19-31-18-21-11-8-7-9-12-21/h7-14,24H,15-16,18-20H2,1-6H3. The molecule has 0 spiro atoms. The van der Waals surface area contributed by atoms with Gasteiger partial charge in [0.2, 0.25) is 0 Å². The molecule has 182 valence electrons. The molecule has 0 N–H and O–H groups in total. The molecule has 0 aliphatic heterocycles. The summed E-state index contributed by atoms with van der Waals surface area (Å²) in [5.41, 5.74) is 3.63. The van der Waals surface area contributed by atoms with E-state index in [9.17, 15) is 5.26 Å². The van der Waals surface area contributed by atoms with Gasteiger partial charge < -0.3 is 18.5 Å². The van der Waals surface area contributed by atoms with Crippen LogP contribution in [0.4, 0.5) is 0 Å². The van der Waals surface area contributed by atoms with E-state index in [0.29, 0.717) is 19.9 Å². The number of nitriles is 1. The van der Waals surface area contributed by atoms with E-state index in [1.54, 1.807) is 0 Å². The highest BCUT2D eigenvalue weighted by molar-refractivity contribution is 6.76. The van der Waals surface area contributed by atoms with Crippen LogP contribution in [0.15, 0.2) is 48.5 Å². The van der Waals surface area contributed by atoms with E-state index in [-0.39, 0.29) is 0 Å². The summed E-state index contributed by atoms with van der Waals surface area (Å²) in [7, 11) is -3.10. The number of imidazole rings is 1. The molecule has 0 aliphatic carbocycles. The number of para-hydroxylation sites is 1. The SMILES string of the molecule is C[Si](C)(C)CCOCn1c(COCc2ccccc2)nc2c(C(C#N)O[Si](C)(C)C)cccc21. The molecule has 0 radical (unpaired) electrons. The molecule has 0 saturated carbocycles. The highest BCUT2D eigenvalue weighted by Crippen LogP contribution is 2.29. The van der Waals surface area contributed by atoms with Crippen LogP contribution in [0.25, 0.3) is 11.0 Å². The Morgan fingerprint density at radius 1 is 0.941 bits per heavy atom. The van der Waals surface area contributed by atoms with E-state index in [2.05, 4.69) is 49.9 Å². The van der Waals surface area contributed by atoms with Crippen LogP contribution in [-0.2, 0) is 33.8 Å². The third-order valence-electron chi connectivity index (χ3n) is 5.32. The van der Waals surface area contributed by atoms with Gasteiger partial charge in [-0.25, -0.2) is 4.98 Å². The molecule has 1 unspecified atom stereocenters. The summed E-state index contributed by atoms with van der Waals surface area (Å²) in [6, 6.07) is 19.5. The second-order valence-electron chi connectivity index (χ2n) is 10.7. The van der Waals surface area contributed by atoms with Crippen LogP contribution < -0.4 is 0 Å². The molecule has 34 heavy (non-hydrogen) atoms. The van der Waals surface area contributed by atoms with Gasteiger partial charge in [0.05, 0.1) is 23.7 Å². The van der Waals surface area contributed by atoms with Crippen LogP contribution in [0.3, 0.4) is 0 Å². The van der Waals surface area contributed by atoms with Crippen molar-refractivity contribution in [1.82, 2.24) is 9.55 Å². The molecule has 1 aromatic heterocycles. The average Bonchev–Trinajstić information content (AvgIpc) is 3.12. The van der Waals surface area contributed by atoms with E-state index in [0.717, 1.165) is 40.6 Å². The second-order valence-corrected chi connectivity index (χ2v) is 20.8. The number of hydrogen-bond donors (Lipinski definition) is 0. The van der Waals surface area contributed by atoms with Gasteiger partial charge in [0, 0.05) is 20.2 Å². The van der Waals surface area contributed by atoms with Gasteiger partial charge >= 0.3 is 0 Å². The van der Waals surface area contributed by atoms with Crippen LogP contribution in [0, 0.1) is 11.3 Å². The first-order valence-electron chi connectivity index (χ1n) is 11.8. The predicted octanol–water partition coefficient (Wildman–Crippen LogP) is 6.48. The third-order valence-corrected chi connectivity index (χ3v) is 7.97. The molecule has 0 fully saturated rings. The lowest BCUT2D eigenvalue weighted by Crippen LogP contribution is -2.27. The Kier molecular flexibility index (Phi) is 8.85. The number of fused-ring (bicyclic) bond motifs is 1. The molecule has 2 aromatic carbocycles. The molecular formula is C26H37N3O3Si2. The zero-order valence-corrected chi connectivity index (χ0v) is 23.3. The largest absolute Gasteiger partial charge is 0.399 e. The number of nitrogens with zero attached hydrogens (tertiary/aromatic N) is 3. The number of aromatic nitrogens is 2. The smallest absolute Gasteiger partial charge is 0.186 e. The van der Waals surface area contributed by atoms with Crippen LogP contribution >= 0.6 is 0 Å². The molecule has 6 nitrogen and oxygen atoms in total. The quantitative estimate of drug-likeness (QED) is 0.212. The topological polar surface area (TPSA) is 69.3 Å². The molecule has 3 rings (SSSR count). The lowest BCUT2D eigenvalue weighted by molar-refractivity contribution is 0.0695. The monoisotopic (exact) mass is 495 g/mol. The van der Waals surface area contributed by atoms with E-state index in [1.165, 1.54) is 0 Å². The van der Waals surface area contributed by atoms with Crippen molar-refractivity contribution in [2.75, 3.05) is 6.61 Å². The van der Waals surface area contributed by atoms with E-state index in [1.807, 2.05) is 48.5 Å². The van der Waals surface area contributed by atoms with Crippen LogP contribution in [0.1, 0.15) is 23.1 Å². The van der Waals surface area contributed by atoms with Crippen molar-refractivity contribution in [1.29, 1.82) is 5.26 Å². The normalized spacial score (nSPS) is 13.2. The van der Waals surface area contributed by atoms with Gasteiger partial charge in [-0.3, -0.25) is 0 Å². The maximum Gasteiger partial charge on any atom is 0.186 e. The first-order valence-corrected chi connectivity index (χ1v) is 18.9. The average molecular weight is 496 g/mol. The van der Waals surface area contributed by atoms with Crippen LogP contribution in [0.5, 0.6) is 0 Å². The van der Waals surface area contributed by atoms with Gasteiger partial charge in [0.1, 0.15) is 19.2 Å². The fourth-order valence-corrected chi connectivity index (χ4v) is 5.21. The maximum atomic E-state index is 9.86. The summed E-state index contributed by atoms with van der Waals surface area (Å²) in [4.78, 5) is 4.92. The Labute approximate surface area is 205 Å². The van der Waals surface area contributed by atoms with Gasteiger partial charge in [-0.2, -0.15) is 5.26 Å². The zero-order valence-electron chi connectivity index (χ0n) is 21.3. The Balaban J connectivity index is 1.89. The van der Waals surface area contributed by atoms with Crippen molar-refractivity contribution in [3.05, 3.63) is 65.5 Å². The van der Waals surface area contributed by atoms with E-state index < -0.39 is 22.5 Å². The van der Waals surface area contributed by atoms with Crippen LogP contribution in [-0.4, -0.2) is 32.5 Å². The number of benzene rings is 2. The third kappa shape index (κ3) is 7.62. The highest BCUT2D eigenvalue weighted by atomic mass is 28.4. The molecule has 1 heterocycles. The van der Waals surface area contributed by atoms with Crippen molar-refractivity contribution in [3.63, 3.8) is 0 Å². The molecule has 0 aliphatic rings. The number of ether oxygens (including phenoxy) is 2. The van der Waals surface area contributed by atoms with Crippen molar-refractivity contribution in [3.8, 4) is 6.07 Å². The minimum atomic E-state index is -1.92. The summed E-state index contributed by atoms with van der Waals surface area (Å²) in [6.45, 7) is 15.3. The maximum absolute atomic E-state index is 9.86.